The van der Waals surface area contributed by atoms with Gasteiger partial charge in [0.05, 0.1) is 0 Å². The summed E-state index contributed by atoms with van der Waals surface area (Å²) in [6, 6.07) is 0.762. The van der Waals surface area contributed by atoms with Crippen LogP contribution in [0.1, 0.15) is 12.8 Å². The fourth-order valence-electron chi connectivity index (χ4n) is 0.751. The van der Waals surface area contributed by atoms with E-state index in [1.807, 2.05) is 6.08 Å². The van der Waals surface area contributed by atoms with Gasteiger partial charge < -0.3 is 5.32 Å². The summed E-state index contributed by atoms with van der Waals surface area (Å²) in [4.78, 5) is 0. The molecule has 1 N–H and O–H groups in total. The van der Waals surface area contributed by atoms with Crippen LogP contribution in [0.5, 0.6) is 0 Å². The SMILES string of the molecule is C=CCC1CCN1. The molecule has 0 aromatic heterocycles. The number of hydrogen-bond acceptors (Lipinski definition) is 1. The molecule has 0 bridgehead atoms. The zero-order valence-corrected chi connectivity index (χ0v) is 4.48. The normalized spacial score (nSPS) is 28.9. The van der Waals surface area contributed by atoms with Crippen LogP contribution < -0.4 is 5.32 Å². The molecule has 1 nitrogen and oxygen atoms in total. The first-order valence-electron chi connectivity index (χ1n) is 2.78. The van der Waals surface area contributed by atoms with Crippen LogP contribution in [-0.4, -0.2) is 12.6 Å². The second kappa shape index (κ2) is 2.12. The monoisotopic (exact) mass is 97.1 g/mol. The summed E-state index contributed by atoms with van der Waals surface area (Å²) in [7, 11) is 0. The van der Waals surface area contributed by atoms with Crippen LogP contribution in [0, 0.1) is 0 Å². The maximum absolute atomic E-state index is 3.64. The molecule has 1 fully saturated rings. The molecule has 0 radical (unpaired) electrons. The Morgan fingerprint density at radius 2 is 2.57 bits per heavy atom. The van der Waals surface area contributed by atoms with Gasteiger partial charge in [0.2, 0.25) is 0 Å². The van der Waals surface area contributed by atoms with E-state index in [1.54, 1.807) is 0 Å². The maximum Gasteiger partial charge on any atom is 0.0114 e. The molecule has 1 atom stereocenters. The molecular formula is C6H11N. The van der Waals surface area contributed by atoms with E-state index in [-0.39, 0.29) is 0 Å². The zero-order chi connectivity index (χ0) is 5.11. The lowest BCUT2D eigenvalue weighted by molar-refractivity contribution is 0.374. The van der Waals surface area contributed by atoms with Crippen molar-refractivity contribution in [3.63, 3.8) is 0 Å². The molecule has 0 aromatic carbocycles. The highest BCUT2D eigenvalue weighted by molar-refractivity contribution is 4.84. The minimum atomic E-state index is 0.762. The Labute approximate surface area is 44.4 Å². The third kappa shape index (κ3) is 1.03. The summed E-state index contributed by atoms with van der Waals surface area (Å²) in [6.45, 7) is 4.85. The Kier molecular flexibility index (Phi) is 1.47. The van der Waals surface area contributed by atoms with Crippen molar-refractivity contribution in [3.8, 4) is 0 Å². The molecule has 1 aliphatic heterocycles. The number of rotatable bonds is 2. The predicted octanol–water partition coefficient (Wildman–Crippen LogP) is 0.924. The van der Waals surface area contributed by atoms with Crippen molar-refractivity contribution < 1.29 is 0 Å². The van der Waals surface area contributed by atoms with Gasteiger partial charge in [-0.3, -0.25) is 0 Å². The largest absolute Gasteiger partial charge is 0.314 e. The predicted molar refractivity (Wildman–Crippen MR) is 31.2 cm³/mol. The maximum atomic E-state index is 3.64. The summed E-state index contributed by atoms with van der Waals surface area (Å²) in [5, 5.41) is 3.28. The van der Waals surface area contributed by atoms with Gasteiger partial charge in [-0.2, -0.15) is 0 Å². The van der Waals surface area contributed by atoms with Crippen molar-refractivity contribution in [2.45, 2.75) is 18.9 Å². The molecule has 40 valence electrons. The fraction of sp³-hybridized carbons (Fsp3) is 0.667. The van der Waals surface area contributed by atoms with Gasteiger partial charge in [-0.25, -0.2) is 0 Å². The highest BCUT2D eigenvalue weighted by atomic mass is 15.0. The van der Waals surface area contributed by atoms with Gasteiger partial charge in [0.1, 0.15) is 0 Å². The smallest absolute Gasteiger partial charge is 0.0114 e. The van der Waals surface area contributed by atoms with Gasteiger partial charge in [-0.1, -0.05) is 6.08 Å². The molecule has 1 aliphatic rings. The second-order valence-electron chi connectivity index (χ2n) is 1.96. The van der Waals surface area contributed by atoms with E-state index in [0.717, 1.165) is 12.5 Å². The molecule has 1 saturated heterocycles. The van der Waals surface area contributed by atoms with Gasteiger partial charge >= 0.3 is 0 Å². The molecule has 7 heavy (non-hydrogen) atoms. The highest BCUT2D eigenvalue weighted by Gasteiger charge is 2.12. The van der Waals surface area contributed by atoms with Gasteiger partial charge in [0, 0.05) is 6.04 Å². The van der Waals surface area contributed by atoms with Gasteiger partial charge in [-0.05, 0) is 19.4 Å². The average molecular weight is 97.2 g/mol. The lowest BCUT2D eigenvalue weighted by Crippen LogP contribution is -2.42. The van der Waals surface area contributed by atoms with Crippen molar-refractivity contribution in [3.05, 3.63) is 12.7 Å². The summed E-state index contributed by atoms with van der Waals surface area (Å²) < 4.78 is 0. The molecular weight excluding hydrogens is 86.1 g/mol. The average Bonchev–Trinajstić information content (AvgIpc) is 1.55. The Morgan fingerprint density at radius 3 is 2.71 bits per heavy atom. The van der Waals surface area contributed by atoms with Crippen LogP contribution in [0.3, 0.4) is 0 Å². The van der Waals surface area contributed by atoms with E-state index in [9.17, 15) is 0 Å². The lowest BCUT2D eigenvalue weighted by atomic mass is 10.0. The van der Waals surface area contributed by atoms with Crippen molar-refractivity contribution in [2.75, 3.05) is 6.54 Å². The first-order valence-corrected chi connectivity index (χ1v) is 2.78. The molecule has 0 saturated carbocycles. The fourth-order valence-corrected chi connectivity index (χ4v) is 0.751. The quantitative estimate of drug-likeness (QED) is 0.505. The molecule has 0 spiro atoms. The first-order chi connectivity index (χ1) is 3.43. The van der Waals surface area contributed by atoms with Crippen LogP contribution >= 0.6 is 0 Å². The Hall–Kier alpha value is -0.300. The van der Waals surface area contributed by atoms with Crippen molar-refractivity contribution in [2.24, 2.45) is 0 Å². The number of nitrogens with one attached hydrogen (secondary N) is 1. The van der Waals surface area contributed by atoms with E-state index < -0.39 is 0 Å². The third-order valence-electron chi connectivity index (χ3n) is 1.38. The molecule has 1 unspecified atom stereocenters. The van der Waals surface area contributed by atoms with E-state index >= 15 is 0 Å². The molecule has 1 heteroatoms. The highest BCUT2D eigenvalue weighted by Crippen LogP contribution is 2.05. The van der Waals surface area contributed by atoms with Gasteiger partial charge in [0.25, 0.3) is 0 Å². The minimum Gasteiger partial charge on any atom is -0.314 e. The minimum absolute atomic E-state index is 0.762. The van der Waals surface area contributed by atoms with Crippen LogP contribution in [0.15, 0.2) is 12.7 Å². The molecule has 1 rings (SSSR count). The topological polar surface area (TPSA) is 12.0 Å². The standard InChI is InChI=1S/C6H11N/c1-2-3-6-4-5-7-6/h2,6-7H,1,3-5H2. The van der Waals surface area contributed by atoms with Gasteiger partial charge in [-0.15, -0.1) is 6.58 Å². The summed E-state index contributed by atoms with van der Waals surface area (Å²) in [5.41, 5.74) is 0. The second-order valence-corrected chi connectivity index (χ2v) is 1.96. The van der Waals surface area contributed by atoms with Crippen molar-refractivity contribution in [1.29, 1.82) is 0 Å². The van der Waals surface area contributed by atoms with E-state index in [4.69, 9.17) is 0 Å². The molecule has 0 aliphatic carbocycles. The van der Waals surface area contributed by atoms with Gasteiger partial charge in [0.15, 0.2) is 0 Å². The Balaban J connectivity index is 2.03. The van der Waals surface area contributed by atoms with E-state index in [1.165, 1.54) is 13.0 Å². The van der Waals surface area contributed by atoms with E-state index in [2.05, 4.69) is 11.9 Å². The van der Waals surface area contributed by atoms with Crippen molar-refractivity contribution >= 4 is 0 Å². The zero-order valence-electron chi connectivity index (χ0n) is 4.48. The molecule has 1 heterocycles. The van der Waals surface area contributed by atoms with E-state index in [0.29, 0.717) is 0 Å². The first kappa shape index (κ1) is 4.85. The summed E-state index contributed by atoms with van der Waals surface area (Å²) in [5.74, 6) is 0. The third-order valence-corrected chi connectivity index (χ3v) is 1.38. The van der Waals surface area contributed by atoms with Crippen LogP contribution in [0.4, 0.5) is 0 Å². The summed E-state index contributed by atoms with van der Waals surface area (Å²) in [6.07, 6.45) is 4.45. The Bertz CT molecular complexity index is 64.6. The molecule has 0 aromatic rings. The molecule has 0 amide bonds. The van der Waals surface area contributed by atoms with Crippen LogP contribution in [-0.2, 0) is 0 Å². The van der Waals surface area contributed by atoms with Crippen LogP contribution in [0.25, 0.3) is 0 Å². The lowest BCUT2D eigenvalue weighted by Gasteiger charge is -2.25. The van der Waals surface area contributed by atoms with Crippen LogP contribution in [0.2, 0.25) is 0 Å². The summed E-state index contributed by atoms with van der Waals surface area (Å²) >= 11 is 0. The number of hydrogen-bond donors (Lipinski definition) is 1. The Morgan fingerprint density at radius 1 is 1.86 bits per heavy atom. The van der Waals surface area contributed by atoms with Crippen molar-refractivity contribution in [1.82, 2.24) is 5.32 Å².